The van der Waals surface area contributed by atoms with Crippen LogP contribution in [-0.2, 0) is 0 Å². The highest BCUT2D eigenvalue weighted by Gasteiger charge is 2.31. The van der Waals surface area contributed by atoms with Gasteiger partial charge in [0.05, 0.1) is 0 Å². The quantitative estimate of drug-likeness (QED) is 0.909. The lowest BCUT2D eigenvalue weighted by Crippen LogP contribution is -2.21. The molecule has 0 aliphatic carbocycles. The van der Waals surface area contributed by atoms with Gasteiger partial charge in [0.1, 0.15) is 0 Å². The molecule has 17 heavy (non-hydrogen) atoms. The highest BCUT2D eigenvalue weighted by molar-refractivity contribution is 9.10. The van der Waals surface area contributed by atoms with Crippen molar-refractivity contribution in [1.29, 1.82) is 0 Å². The van der Waals surface area contributed by atoms with Crippen molar-refractivity contribution >= 4 is 15.9 Å². The van der Waals surface area contributed by atoms with Gasteiger partial charge >= 0.3 is 0 Å². The van der Waals surface area contributed by atoms with E-state index in [0.717, 1.165) is 13.1 Å². The summed E-state index contributed by atoms with van der Waals surface area (Å²) in [6.07, 6.45) is 1.19. The Morgan fingerprint density at radius 1 is 1.41 bits per heavy atom. The van der Waals surface area contributed by atoms with Crippen molar-refractivity contribution in [3.63, 3.8) is 0 Å². The van der Waals surface area contributed by atoms with E-state index in [2.05, 4.69) is 53.9 Å². The molecule has 1 heterocycles. The molecule has 0 radical (unpaired) electrons. The molecule has 0 spiro atoms. The van der Waals surface area contributed by atoms with Crippen LogP contribution in [0.3, 0.4) is 0 Å². The monoisotopic (exact) mass is 296 g/mol. The van der Waals surface area contributed by atoms with E-state index in [4.69, 9.17) is 5.73 Å². The first-order valence-corrected chi connectivity index (χ1v) is 6.99. The Morgan fingerprint density at radius 2 is 2.12 bits per heavy atom. The van der Waals surface area contributed by atoms with Crippen LogP contribution in [0.25, 0.3) is 0 Å². The minimum atomic E-state index is 0.529. The van der Waals surface area contributed by atoms with E-state index in [9.17, 15) is 0 Å². The molecule has 2 N–H and O–H groups in total. The van der Waals surface area contributed by atoms with Crippen LogP contribution < -0.4 is 5.73 Å². The summed E-state index contributed by atoms with van der Waals surface area (Å²) in [5, 5.41) is 0. The van der Waals surface area contributed by atoms with Gasteiger partial charge in [-0.3, -0.25) is 4.90 Å². The Morgan fingerprint density at radius 3 is 2.71 bits per heavy atom. The highest BCUT2D eigenvalue weighted by Crippen LogP contribution is 2.38. The van der Waals surface area contributed by atoms with E-state index in [0.29, 0.717) is 12.0 Å². The summed E-state index contributed by atoms with van der Waals surface area (Å²) < 4.78 is 1.21. The van der Waals surface area contributed by atoms with E-state index in [-0.39, 0.29) is 0 Å². The fourth-order valence-electron chi connectivity index (χ4n) is 2.96. The molecule has 0 amide bonds. The second kappa shape index (κ2) is 5.09. The van der Waals surface area contributed by atoms with Crippen molar-refractivity contribution in [3.05, 3.63) is 33.3 Å². The lowest BCUT2D eigenvalue weighted by molar-refractivity contribution is 0.312. The number of hydrogen-bond acceptors (Lipinski definition) is 2. The summed E-state index contributed by atoms with van der Waals surface area (Å²) in [4.78, 5) is 2.44. The molecule has 1 aromatic carbocycles. The van der Waals surface area contributed by atoms with Crippen LogP contribution in [0.5, 0.6) is 0 Å². The van der Waals surface area contributed by atoms with Gasteiger partial charge in [-0.25, -0.2) is 0 Å². The predicted octanol–water partition coefficient (Wildman–Crippen LogP) is 3.02. The van der Waals surface area contributed by atoms with Crippen LogP contribution >= 0.6 is 15.9 Å². The molecule has 0 aromatic heterocycles. The van der Waals surface area contributed by atoms with Gasteiger partial charge in [-0.05, 0) is 62.5 Å². The van der Waals surface area contributed by atoms with Gasteiger partial charge in [-0.15, -0.1) is 0 Å². The summed E-state index contributed by atoms with van der Waals surface area (Å²) in [7, 11) is 2.21. The number of halogens is 1. The molecule has 0 bridgehead atoms. The van der Waals surface area contributed by atoms with E-state index in [1.54, 1.807) is 0 Å². The molecular weight excluding hydrogens is 276 g/mol. The fraction of sp³-hybridized carbons (Fsp3) is 0.571. The van der Waals surface area contributed by atoms with Crippen molar-refractivity contribution in [2.24, 2.45) is 11.7 Å². The number of nitrogens with two attached hydrogens (primary N) is 1. The maximum atomic E-state index is 5.81. The largest absolute Gasteiger partial charge is 0.330 e. The van der Waals surface area contributed by atoms with E-state index >= 15 is 0 Å². The van der Waals surface area contributed by atoms with Gasteiger partial charge < -0.3 is 5.73 Å². The molecule has 2 unspecified atom stereocenters. The molecule has 1 saturated heterocycles. The molecule has 1 fully saturated rings. The molecular formula is C14H21BrN2. The number of rotatable bonds is 2. The average molecular weight is 297 g/mol. The first kappa shape index (κ1) is 13.1. The predicted molar refractivity (Wildman–Crippen MR) is 76.1 cm³/mol. The SMILES string of the molecule is Cc1ccc(Br)c(C)c1C1CC(CN)CN1C. The highest BCUT2D eigenvalue weighted by atomic mass is 79.9. The Kier molecular flexibility index (Phi) is 3.91. The second-order valence-electron chi connectivity index (χ2n) is 5.20. The Balaban J connectivity index is 2.37. The van der Waals surface area contributed by atoms with Crippen molar-refractivity contribution in [3.8, 4) is 0 Å². The van der Waals surface area contributed by atoms with Gasteiger partial charge in [0, 0.05) is 17.1 Å². The zero-order valence-corrected chi connectivity index (χ0v) is 12.4. The molecule has 1 aliphatic heterocycles. The molecule has 0 saturated carbocycles. The van der Waals surface area contributed by atoms with Crippen LogP contribution in [0.4, 0.5) is 0 Å². The van der Waals surface area contributed by atoms with Crippen molar-refractivity contribution < 1.29 is 0 Å². The number of benzene rings is 1. The summed E-state index contributed by atoms with van der Waals surface area (Å²) in [5.41, 5.74) is 10.1. The standard InChI is InChI=1S/C14H21BrN2/c1-9-4-5-12(15)10(2)14(9)13-6-11(7-16)8-17(13)3/h4-5,11,13H,6-8,16H2,1-3H3. The van der Waals surface area contributed by atoms with Gasteiger partial charge in [-0.2, -0.15) is 0 Å². The third kappa shape index (κ3) is 2.42. The van der Waals surface area contributed by atoms with Crippen LogP contribution in [0.15, 0.2) is 16.6 Å². The third-order valence-corrected chi connectivity index (χ3v) is 4.83. The van der Waals surface area contributed by atoms with Crippen molar-refractivity contribution in [2.45, 2.75) is 26.3 Å². The Bertz CT molecular complexity index is 417. The molecule has 2 rings (SSSR count). The second-order valence-corrected chi connectivity index (χ2v) is 6.05. The first-order chi connectivity index (χ1) is 8.04. The van der Waals surface area contributed by atoms with Crippen molar-refractivity contribution in [1.82, 2.24) is 4.90 Å². The lowest BCUT2D eigenvalue weighted by atomic mass is 9.92. The van der Waals surface area contributed by atoms with Gasteiger partial charge in [0.15, 0.2) is 0 Å². The Labute approximate surface area is 112 Å². The fourth-order valence-corrected chi connectivity index (χ4v) is 3.31. The molecule has 3 heteroatoms. The van der Waals surface area contributed by atoms with Gasteiger partial charge in [0.25, 0.3) is 0 Å². The van der Waals surface area contributed by atoms with Gasteiger partial charge in [0.2, 0.25) is 0 Å². The minimum absolute atomic E-state index is 0.529. The maximum Gasteiger partial charge on any atom is 0.0354 e. The summed E-state index contributed by atoms with van der Waals surface area (Å²) in [5.74, 6) is 0.641. The molecule has 94 valence electrons. The summed E-state index contributed by atoms with van der Waals surface area (Å²) in [6.45, 7) is 6.33. The number of hydrogen-bond donors (Lipinski definition) is 1. The van der Waals surface area contributed by atoms with E-state index < -0.39 is 0 Å². The summed E-state index contributed by atoms with van der Waals surface area (Å²) >= 11 is 3.64. The van der Waals surface area contributed by atoms with Gasteiger partial charge in [-0.1, -0.05) is 22.0 Å². The van der Waals surface area contributed by atoms with Crippen molar-refractivity contribution in [2.75, 3.05) is 20.1 Å². The smallest absolute Gasteiger partial charge is 0.0354 e. The van der Waals surface area contributed by atoms with Crippen LogP contribution in [0.2, 0.25) is 0 Å². The number of aryl methyl sites for hydroxylation is 1. The normalized spacial score (nSPS) is 25.5. The van der Waals surface area contributed by atoms with Crippen LogP contribution in [-0.4, -0.2) is 25.0 Å². The molecule has 2 atom stereocenters. The molecule has 1 aromatic rings. The van der Waals surface area contributed by atoms with Crippen LogP contribution in [0.1, 0.15) is 29.2 Å². The van der Waals surface area contributed by atoms with E-state index in [1.165, 1.54) is 27.6 Å². The topological polar surface area (TPSA) is 29.3 Å². The maximum absolute atomic E-state index is 5.81. The van der Waals surface area contributed by atoms with E-state index in [1.807, 2.05) is 0 Å². The average Bonchev–Trinajstić information content (AvgIpc) is 2.66. The zero-order valence-electron chi connectivity index (χ0n) is 10.8. The lowest BCUT2D eigenvalue weighted by Gasteiger charge is -2.24. The third-order valence-electron chi connectivity index (χ3n) is 3.97. The number of likely N-dealkylation sites (tertiary alicyclic amines) is 1. The zero-order chi connectivity index (χ0) is 12.6. The molecule has 2 nitrogen and oxygen atoms in total. The Hall–Kier alpha value is -0.380. The minimum Gasteiger partial charge on any atom is -0.330 e. The first-order valence-electron chi connectivity index (χ1n) is 6.20. The van der Waals surface area contributed by atoms with Crippen LogP contribution in [0, 0.1) is 19.8 Å². The number of nitrogens with zero attached hydrogens (tertiary/aromatic N) is 1. The summed E-state index contributed by atoms with van der Waals surface area (Å²) in [6, 6.07) is 4.88. The molecule has 1 aliphatic rings.